The van der Waals surface area contributed by atoms with Gasteiger partial charge in [0, 0.05) is 28.3 Å². The van der Waals surface area contributed by atoms with Crippen LogP contribution in [-0.2, 0) is 6.54 Å². The summed E-state index contributed by atoms with van der Waals surface area (Å²) in [5, 5.41) is 45.0. The Balaban J connectivity index is 0.000000265. The van der Waals surface area contributed by atoms with E-state index in [1.165, 1.54) is 12.1 Å². The molecular formula is C32H19NO9. The number of hydrogen-bond donors (Lipinski definition) is 5. The van der Waals surface area contributed by atoms with E-state index in [0.717, 1.165) is 16.5 Å². The van der Waals surface area contributed by atoms with Crippen LogP contribution in [0.3, 0.4) is 0 Å². The van der Waals surface area contributed by atoms with Gasteiger partial charge in [-0.25, -0.2) is 19.2 Å². The molecule has 42 heavy (non-hydrogen) atoms. The Kier molecular flexibility index (Phi) is 5.97. The molecule has 7 rings (SSSR count). The summed E-state index contributed by atoms with van der Waals surface area (Å²) in [5.41, 5.74) is -1.00. The lowest BCUT2D eigenvalue weighted by Crippen LogP contribution is -2.18. The standard InChI is InChI=1S/C24H12O8.C8H7NO/c25-21(26)13-8-7-11-10-5-1-3-9-4-2-6-12(14(9)10)16-15(11)17(13)19(23(29)30)20(24(31)32)18(16)22(27)28;10-8-7-4-2-1-3-6(7)5-9-8/h1-8H,(H,25,26)(H,27,28)(H,29,30)(H,31,32);1-4H,5H2,(H,9,10). The molecule has 1 aliphatic heterocycles. The SMILES string of the molecule is O=C(O)c1c(C(=O)O)c2c(C(=O)O)ccc3c4cccc5cccc(c(c1C(=O)O)c23)c54.O=C1NCc2ccccc21. The van der Waals surface area contributed by atoms with Crippen molar-refractivity contribution in [2.24, 2.45) is 0 Å². The molecule has 0 unspecified atom stereocenters. The molecule has 0 radical (unpaired) electrons. The minimum Gasteiger partial charge on any atom is -0.478 e. The van der Waals surface area contributed by atoms with Gasteiger partial charge in [0.15, 0.2) is 0 Å². The first kappa shape index (κ1) is 26.2. The van der Waals surface area contributed by atoms with Gasteiger partial charge in [-0.3, -0.25) is 4.79 Å². The monoisotopic (exact) mass is 561 g/mol. The molecule has 0 saturated heterocycles. The fraction of sp³-hybridized carbons (Fsp3) is 0.0312. The second-order valence-corrected chi connectivity index (χ2v) is 9.68. The Morgan fingerprint density at radius 2 is 1.14 bits per heavy atom. The van der Waals surface area contributed by atoms with Crippen molar-refractivity contribution in [3.8, 4) is 0 Å². The van der Waals surface area contributed by atoms with E-state index in [2.05, 4.69) is 5.32 Å². The Labute approximate surface area is 235 Å². The van der Waals surface area contributed by atoms with Crippen molar-refractivity contribution in [2.45, 2.75) is 6.54 Å². The number of carbonyl (C=O) groups excluding carboxylic acids is 1. The smallest absolute Gasteiger partial charge is 0.337 e. The molecule has 206 valence electrons. The van der Waals surface area contributed by atoms with E-state index >= 15 is 0 Å². The van der Waals surface area contributed by atoms with Crippen LogP contribution in [0.5, 0.6) is 0 Å². The molecule has 0 saturated carbocycles. The number of aromatic carboxylic acids is 4. The van der Waals surface area contributed by atoms with Crippen molar-refractivity contribution in [1.29, 1.82) is 0 Å². The molecule has 5 N–H and O–H groups in total. The summed E-state index contributed by atoms with van der Waals surface area (Å²) in [6.45, 7) is 0.689. The van der Waals surface area contributed by atoms with Gasteiger partial charge in [-0.15, -0.1) is 0 Å². The predicted molar refractivity (Wildman–Crippen MR) is 153 cm³/mol. The molecule has 0 aromatic heterocycles. The molecule has 0 atom stereocenters. The summed E-state index contributed by atoms with van der Waals surface area (Å²) >= 11 is 0. The quantitative estimate of drug-likeness (QED) is 0.138. The summed E-state index contributed by atoms with van der Waals surface area (Å²) in [6.07, 6.45) is 0. The van der Waals surface area contributed by atoms with Crippen molar-refractivity contribution in [3.05, 3.63) is 106 Å². The Bertz CT molecular complexity index is 2180. The third-order valence-corrected chi connectivity index (χ3v) is 7.49. The Morgan fingerprint density at radius 1 is 0.548 bits per heavy atom. The van der Waals surface area contributed by atoms with Crippen LogP contribution in [0.25, 0.3) is 43.1 Å². The molecular weight excluding hydrogens is 542 g/mol. The molecule has 0 spiro atoms. The average molecular weight is 562 g/mol. The Hall–Kier alpha value is -6.03. The highest BCUT2D eigenvalue weighted by Crippen LogP contribution is 2.45. The fourth-order valence-corrected chi connectivity index (χ4v) is 5.88. The molecule has 6 aromatic carbocycles. The third kappa shape index (κ3) is 3.77. The van der Waals surface area contributed by atoms with Gasteiger partial charge in [-0.2, -0.15) is 0 Å². The van der Waals surface area contributed by atoms with Gasteiger partial charge in [0.25, 0.3) is 5.91 Å². The number of carboxylic acid groups (broad SMARTS) is 4. The van der Waals surface area contributed by atoms with Gasteiger partial charge in [-0.1, -0.05) is 60.7 Å². The van der Waals surface area contributed by atoms with Crippen LogP contribution in [-0.4, -0.2) is 50.2 Å². The van der Waals surface area contributed by atoms with Gasteiger partial charge < -0.3 is 25.7 Å². The average Bonchev–Trinajstić information content (AvgIpc) is 3.35. The van der Waals surface area contributed by atoms with E-state index in [4.69, 9.17) is 0 Å². The van der Waals surface area contributed by atoms with E-state index in [9.17, 15) is 44.4 Å². The van der Waals surface area contributed by atoms with Crippen LogP contribution in [0.2, 0.25) is 0 Å². The number of fused-ring (bicyclic) bond motifs is 3. The number of amides is 1. The highest BCUT2D eigenvalue weighted by molar-refractivity contribution is 6.40. The normalized spacial score (nSPS) is 12.2. The molecule has 0 bridgehead atoms. The van der Waals surface area contributed by atoms with Crippen molar-refractivity contribution in [1.82, 2.24) is 5.32 Å². The van der Waals surface area contributed by atoms with Crippen LogP contribution >= 0.6 is 0 Å². The summed E-state index contributed by atoms with van der Waals surface area (Å²) in [6, 6.07) is 20.8. The van der Waals surface area contributed by atoms with E-state index in [0.29, 0.717) is 28.1 Å². The van der Waals surface area contributed by atoms with Gasteiger partial charge in [-0.05, 0) is 44.6 Å². The first-order chi connectivity index (χ1) is 20.1. The van der Waals surface area contributed by atoms with Crippen molar-refractivity contribution in [3.63, 3.8) is 0 Å². The highest BCUT2D eigenvalue weighted by atomic mass is 16.4. The molecule has 10 nitrogen and oxygen atoms in total. The lowest BCUT2D eigenvalue weighted by molar-refractivity contribution is 0.0635. The van der Waals surface area contributed by atoms with Crippen LogP contribution < -0.4 is 5.32 Å². The molecule has 1 aliphatic rings. The van der Waals surface area contributed by atoms with E-state index < -0.39 is 46.1 Å². The minimum absolute atomic E-state index is 0.00250. The van der Waals surface area contributed by atoms with E-state index in [-0.39, 0.29) is 22.1 Å². The summed E-state index contributed by atoms with van der Waals surface area (Å²) in [5.74, 6) is -6.53. The number of benzene rings is 6. The second-order valence-electron chi connectivity index (χ2n) is 9.68. The molecule has 0 aliphatic carbocycles. The van der Waals surface area contributed by atoms with E-state index in [1.54, 1.807) is 24.3 Å². The Morgan fingerprint density at radius 3 is 1.76 bits per heavy atom. The zero-order valence-electron chi connectivity index (χ0n) is 21.5. The summed E-state index contributed by atoms with van der Waals surface area (Å²) in [7, 11) is 0. The van der Waals surface area contributed by atoms with Crippen molar-refractivity contribution < 1.29 is 44.4 Å². The van der Waals surface area contributed by atoms with Gasteiger partial charge in [0.05, 0.1) is 22.3 Å². The van der Waals surface area contributed by atoms with Gasteiger partial charge in [0.1, 0.15) is 0 Å². The predicted octanol–water partition coefficient (Wildman–Crippen LogP) is 5.46. The third-order valence-electron chi connectivity index (χ3n) is 7.49. The van der Waals surface area contributed by atoms with E-state index in [1.807, 2.05) is 36.4 Å². The maximum absolute atomic E-state index is 12.3. The fourth-order valence-electron chi connectivity index (χ4n) is 5.88. The molecule has 10 heteroatoms. The van der Waals surface area contributed by atoms with Crippen molar-refractivity contribution in [2.75, 3.05) is 0 Å². The number of carbonyl (C=O) groups is 5. The number of carboxylic acids is 4. The van der Waals surface area contributed by atoms with Crippen molar-refractivity contribution >= 4 is 72.9 Å². The lowest BCUT2D eigenvalue weighted by atomic mass is 9.81. The number of nitrogens with one attached hydrogen (secondary N) is 1. The maximum atomic E-state index is 12.3. The maximum Gasteiger partial charge on any atom is 0.337 e. The summed E-state index contributed by atoms with van der Waals surface area (Å²) < 4.78 is 0. The van der Waals surface area contributed by atoms with Gasteiger partial charge >= 0.3 is 23.9 Å². The zero-order chi connectivity index (χ0) is 29.9. The molecule has 1 amide bonds. The molecule has 1 heterocycles. The minimum atomic E-state index is -1.77. The number of hydrogen-bond acceptors (Lipinski definition) is 5. The molecule has 0 fully saturated rings. The lowest BCUT2D eigenvalue weighted by Gasteiger charge is -2.20. The first-order valence-corrected chi connectivity index (χ1v) is 12.6. The number of rotatable bonds is 4. The zero-order valence-corrected chi connectivity index (χ0v) is 21.5. The van der Waals surface area contributed by atoms with Crippen LogP contribution in [0.4, 0.5) is 0 Å². The largest absolute Gasteiger partial charge is 0.478 e. The first-order valence-electron chi connectivity index (χ1n) is 12.6. The molecule has 6 aromatic rings. The van der Waals surface area contributed by atoms with Crippen LogP contribution in [0.1, 0.15) is 57.4 Å². The highest BCUT2D eigenvalue weighted by Gasteiger charge is 2.33. The summed E-state index contributed by atoms with van der Waals surface area (Å²) in [4.78, 5) is 59.7. The van der Waals surface area contributed by atoms with Gasteiger partial charge in [0.2, 0.25) is 0 Å². The second kappa shape index (κ2) is 9.56. The van der Waals surface area contributed by atoms with Crippen LogP contribution in [0, 0.1) is 0 Å². The van der Waals surface area contributed by atoms with Crippen LogP contribution in [0.15, 0.2) is 72.8 Å². The topological polar surface area (TPSA) is 178 Å².